The summed E-state index contributed by atoms with van der Waals surface area (Å²) in [5.41, 5.74) is 2.76. The highest BCUT2D eigenvalue weighted by atomic mass is 19.4. The summed E-state index contributed by atoms with van der Waals surface area (Å²) in [6.45, 7) is 15.4. The van der Waals surface area contributed by atoms with Gasteiger partial charge in [-0.05, 0) is 171 Å². The first kappa shape index (κ1) is 68.7. The first-order valence-corrected chi connectivity index (χ1v) is 30.6. The number of likely N-dealkylation sites (tertiary alicyclic amines) is 3. The van der Waals surface area contributed by atoms with E-state index in [1.807, 2.05) is 72.7 Å². The van der Waals surface area contributed by atoms with Crippen LogP contribution in [0.1, 0.15) is 131 Å². The number of aryl methyl sites for hydroxylation is 3. The third-order valence-electron chi connectivity index (χ3n) is 16.6. The van der Waals surface area contributed by atoms with Gasteiger partial charge < -0.3 is 35.4 Å². The number of anilines is 3. The number of ether oxygens (including phenoxy) is 1. The van der Waals surface area contributed by atoms with Gasteiger partial charge in [0, 0.05) is 80.2 Å². The van der Waals surface area contributed by atoms with Gasteiger partial charge in [-0.1, -0.05) is 12.1 Å². The van der Waals surface area contributed by atoms with Gasteiger partial charge in [0.1, 0.15) is 17.5 Å². The third-order valence-corrected chi connectivity index (χ3v) is 16.6. The highest BCUT2D eigenvalue weighted by molar-refractivity contribution is 5.99. The van der Waals surface area contributed by atoms with Crippen LogP contribution < -0.4 is 20.7 Å². The van der Waals surface area contributed by atoms with Crippen LogP contribution in [0.3, 0.4) is 0 Å². The van der Waals surface area contributed by atoms with E-state index < -0.39 is 35.2 Å². The van der Waals surface area contributed by atoms with E-state index in [1.165, 1.54) is 27.8 Å². The summed E-state index contributed by atoms with van der Waals surface area (Å²) in [7, 11) is 0. The van der Waals surface area contributed by atoms with Crippen LogP contribution in [0.25, 0.3) is 11.4 Å². The van der Waals surface area contributed by atoms with Crippen molar-refractivity contribution in [3.05, 3.63) is 179 Å². The molecule has 11 rings (SSSR count). The van der Waals surface area contributed by atoms with E-state index in [2.05, 4.69) is 56.3 Å². The Labute approximate surface area is 536 Å². The monoisotopic (exact) mass is 1310 g/mol. The number of piperidine rings is 3. The number of rotatable bonds is 13. The SMILES string of the molecule is CCOc1ccc(C)nc1C(=O)N1CCC[C@@H](Nc2ccc(C(F)(F)F)cn2)[C@@H]1C.Cc1ccc(C(=O)N2CCC[C@@H](Nc3ccc(C(F)(F)F)cn3)[C@@H]2C)c(-n2nccn2)c1.Cc1ccc(C(=O)N2CCC[C@H](Nc3ccc(C(F)(F)F)cn3)[C@H]2C)c(-n2nccn2)c1. The van der Waals surface area contributed by atoms with E-state index >= 15 is 0 Å². The number of halogens is 9. The number of nitrogens with one attached hydrogen (secondary N) is 3. The molecule has 2 aromatic carbocycles. The maximum Gasteiger partial charge on any atom is 0.417 e. The van der Waals surface area contributed by atoms with Crippen molar-refractivity contribution < 1.29 is 58.6 Å². The third kappa shape index (κ3) is 16.7. The lowest BCUT2D eigenvalue weighted by molar-refractivity contribution is -0.138. The molecule has 3 fully saturated rings. The topological polar surface area (TPSA) is 219 Å². The van der Waals surface area contributed by atoms with Crippen molar-refractivity contribution in [3.8, 4) is 17.1 Å². The van der Waals surface area contributed by atoms with E-state index in [0.29, 0.717) is 71.9 Å². The molecule has 3 amide bonds. The molecule has 0 aliphatic carbocycles. The highest BCUT2D eigenvalue weighted by Crippen LogP contribution is 2.34. The van der Waals surface area contributed by atoms with Crippen molar-refractivity contribution in [1.29, 1.82) is 0 Å². The number of carbonyl (C=O) groups excluding carboxylic acids is 3. The van der Waals surface area contributed by atoms with Gasteiger partial charge in [0.05, 0.1) is 70.6 Å². The Morgan fingerprint density at radius 2 is 0.840 bits per heavy atom. The van der Waals surface area contributed by atoms with Crippen LogP contribution >= 0.6 is 0 Å². The van der Waals surface area contributed by atoms with Crippen LogP contribution in [0, 0.1) is 20.8 Å². The summed E-state index contributed by atoms with van der Waals surface area (Å²) in [5.74, 6) is 0.981. The lowest BCUT2D eigenvalue weighted by Crippen LogP contribution is -2.52. The Morgan fingerprint density at radius 3 is 1.16 bits per heavy atom. The van der Waals surface area contributed by atoms with Gasteiger partial charge in [0.25, 0.3) is 17.7 Å². The molecule has 0 unspecified atom stereocenters. The number of nitrogens with zero attached hydrogens (tertiary/aromatic N) is 13. The summed E-state index contributed by atoms with van der Waals surface area (Å²) in [4.78, 5) is 64.4. The maximum atomic E-state index is 13.5. The molecular weight excluding hydrogens is 1240 g/mol. The van der Waals surface area contributed by atoms with Crippen LogP contribution in [0.5, 0.6) is 5.75 Å². The molecule has 3 saturated heterocycles. The number of aromatic nitrogens is 10. The van der Waals surface area contributed by atoms with Crippen molar-refractivity contribution in [1.82, 2.24) is 64.6 Å². The van der Waals surface area contributed by atoms with Gasteiger partial charge in [0.2, 0.25) is 0 Å². The summed E-state index contributed by atoms with van der Waals surface area (Å²) in [5, 5.41) is 26.2. The van der Waals surface area contributed by atoms with Crippen molar-refractivity contribution in [3.63, 3.8) is 0 Å². The predicted octanol–water partition coefficient (Wildman–Crippen LogP) is 12.5. The molecule has 6 atom stereocenters. The lowest BCUT2D eigenvalue weighted by Gasteiger charge is -2.40. The first-order chi connectivity index (χ1) is 44.7. The quantitative estimate of drug-likeness (QED) is 0.0914. The molecule has 0 radical (unpaired) electrons. The molecule has 498 valence electrons. The fourth-order valence-corrected chi connectivity index (χ4v) is 11.5. The van der Waals surface area contributed by atoms with Crippen LogP contribution in [0.15, 0.2) is 128 Å². The van der Waals surface area contributed by atoms with Crippen LogP contribution in [0.4, 0.5) is 57.0 Å². The van der Waals surface area contributed by atoms with Crippen LogP contribution in [-0.4, -0.2) is 145 Å². The maximum absolute atomic E-state index is 13.5. The molecule has 94 heavy (non-hydrogen) atoms. The molecule has 9 heterocycles. The molecule has 0 spiro atoms. The van der Waals surface area contributed by atoms with E-state index in [-0.39, 0.29) is 59.7 Å². The molecule has 3 aliphatic rings. The Kier molecular flexibility index (Phi) is 21.5. The van der Waals surface area contributed by atoms with Crippen LogP contribution in [-0.2, 0) is 18.5 Å². The average Bonchev–Trinajstić information content (AvgIpc) is 1.08. The molecular formula is C65H71F9N16O4. The second-order valence-corrected chi connectivity index (χ2v) is 23.1. The zero-order chi connectivity index (χ0) is 67.6. The first-order valence-electron chi connectivity index (χ1n) is 30.6. The van der Waals surface area contributed by atoms with Crippen molar-refractivity contribution in [2.24, 2.45) is 0 Å². The molecule has 3 aliphatic heterocycles. The fourth-order valence-electron chi connectivity index (χ4n) is 11.5. The molecule has 20 nitrogen and oxygen atoms in total. The van der Waals surface area contributed by atoms with E-state index in [0.717, 1.165) is 92.1 Å². The number of benzene rings is 2. The van der Waals surface area contributed by atoms with Gasteiger partial charge in [-0.2, -0.15) is 69.5 Å². The molecule has 29 heteroatoms. The minimum atomic E-state index is -4.43. The van der Waals surface area contributed by atoms with E-state index in [1.54, 1.807) is 63.8 Å². The van der Waals surface area contributed by atoms with Crippen molar-refractivity contribution >= 4 is 35.2 Å². The van der Waals surface area contributed by atoms with Crippen molar-refractivity contribution in [2.75, 3.05) is 42.2 Å². The number of carbonyl (C=O) groups is 3. The molecule has 0 saturated carbocycles. The summed E-state index contributed by atoms with van der Waals surface area (Å²) in [6, 6.07) is 20.5. The normalized spacial score (nSPS) is 19.2. The van der Waals surface area contributed by atoms with E-state index in [9.17, 15) is 53.9 Å². The minimum absolute atomic E-state index is 0.142. The minimum Gasteiger partial charge on any atom is -0.491 e. The van der Waals surface area contributed by atoms with Gasteiger partial charge in [-0.3, -0.25) is 14.4 Å². The summed E-state index contributed by atoms with van der Waals surface area (Å²) < 4.78 is 120. The second-order valence-electron chi connectivity index (χ2n) is 23.1. The second kappa shape index (κ2) is 29.5. The Balaban J connectivity index is 0.000000166. The number of hydrogen-bond donors (Lipinski definition) is 3. The Bertz CT molecular complexity index is 3660. The number of pyridine rings is 4. The molecule has 3 N–H and O–H groups in total. The van der Waals surface area contributed by atoms with Crippen molar-refractivity contribution in [2.45, 2.75) is 142 Å². The largest absolute Gasteiger partial charge is 0.491 e. The number of hydrogen-bond acceptors (Lipinski definition) is 15. The number of alkyl halides is 9. The van der Waals surface area contributed by atoms with Gasteiger partial charge in [-0.25, -0.2) is 19.9 Å². The van der Waals surface area contributed by atoms with Crippen LogP contribution in [0.2, 0.25) is 0 Å². The highest BCUT2D eigenvalue weighted by Gasteiger charge is 2.38. The van der Waals surface area contributed by atoms with Gasteiger partial charge in [0.15, 0.2) is 11.4 Å². The predicted molar refractivity (Wildman–Crippen MR) is 331 cm³/mol. The van der Waals surface area contributed by atoms with Gasteiger partial charge >= 0.3 is 18.5 Å². The molecule has 6 aromatic heterocycles. The Morgan fingerprint density at radius 1 is 0.489 bits per heavy atom. The molecule has 8 aromatic rings. The number of amides is 3. The lowest BCUT2D eigenvalue weighted by atomic mass is 9.96. The Hall–Kier alpha value is -9.70. The average molecular weight is 1310 g/mol. The smallest absolute Gasteiger partial charge is 0.417 e. The summed E-state index contributed by atoms with van der Waals surface area (Å²) >= 11 is 0. The summed E-state index contributed by atoms with van der Waals surface area (Å²) in [6.07, 6.45) is -0.0437. The van der Waals surface area contributed by atoms with E-state index in [4.69, 9.17) is 4.74 Å². The fraction of sp³-hybridized carbons (Fsp3) is 0.400. The standard InChI is InChI=1S/2C22H23F3N6O.C21H25F3N4O2/c2*1-14-5-7-17(19(12-14)31-27-9-10-28-31)21(32)30-11-3-4-18(15(30)2)29-20-8-6-16(13-26-20)22(23,24)25;1-4-30-17-9-7-13(2)26-19(17)20(29)28-11-5-6-16(14(28)3)27-18-10-8-15(12-25-18)21(22,23)24/h2*5-10,12-13,15,18H,3-4,11H2,1-2H3,(H,26,29);7-10,12,14,16H,4-6,11H2,1-3H3,(H,25,27)/t2*15-,18+;14-,16+/m100/s1. The molecule has 0 bridgehead atoms. The van der Waals surface area contributed by atoms with Gasteiger partial charge in [-0.15, -0.1) is 0 Å². The zero-order valence-electron chi connectivity index (χ0n) is 52.5. The zero-order valence-corrected chi connectivity index (χ0v) is 52.5.